The molecule has 7 amide bonds. The molecule has 0 saturated carbocycles. The fourth-order valence-corrected chi connectivity index (χ4v) is 7.24. The van der Waals surface area contributed by atoms with E-state index in [1.165, 1.54) is 4.90 Å². The van der Waals surface area contributed by atoms with Gasteiger partial charge in [0.1, 0.15) is 36.8 Å². The first-order chi connectivity index (χ1) is 30.2. The Morgan fingerprint density at radius 1 is 0.688 bits per heavy atom. The summed E-state index contributed by atoms with van der Waals surface area (Å²) in [7, 11) is 0. The van der Waals surface area contributed by atoms with Crippen molar-refractivity contribution in [3.8, 4) is 0 Å². The molecule has 6 atom stereocenters. The Balaban J connectivity index is 1.94. The third-order valence-corrected chi connectivity index (χ3v) is 10.5. The number of amides is 7. The second-order valence-corrected chi connectivity index (χ2v) is 15.8. The summed E-state index contributed by atoms with van der Waals surface area (Å²) < 4.78 is 0. The largest absolute Gasteiger partial charge is 0.481 e. The number of ketones is 1. The van der Waals surface area contributed by atoms with Gasteiger partial charge >= 0.3 is 17.9 Å². The van der Waals surface area contributed by atoms with E-state index in [2.05, 4.69) is 26.6 Å². The van der Waals surface area contributed by atoms with Crippen LogP contribution in [0.5, 0.6) is 0 Å². The minimum Gasteiger partial charge on any atom is -0.481 e. The van der Waals surface area contributed by atoms with E-state index in [1.54, 1.807) is 45.0 Å². The SMILES string of the molecule is CCCC(NC(=O)[C@@H]1CCCN1C(=O)[C@@H](NC(=O)[C@H](Cc1cccc2ccccc12)NC(=O)[C@H](CCC(=O)O)NC(=O)[C@H](CCC(=O)O)NC(C)=O)C(C)C)C(=O)C(=O)NCC(=O)O. The van der Waals surface area contributed by atoms with E-state index in [0.29, 0.717) is 18.4 Å². The highest BCUT2D eigenvalue weighted by molar-refractivity contribution is 6.38. The standard InChI is InChI=1S/C43H57N7O14/c1-5-10-28(37(58)42(63)44-22-35(56)57)46-41(62)32-15-9-20-50(32)43(64)36(23(2)3)49-40(61)31(21-26-13-8-12-25-11-6-7-14-27(25)26)48-39(60)30(17-19-34(54)55)47-38(59)29(45-24(4)51)16-18-33(52)53/h6-8,11-14,23,28-32,36H,5,9-10,15-22H2,1-4H3,(H,44,63)(H,45,51)(H,46,62)(H,47,59)(H,48,60)(H,49,61)(H,52,53)(H,54,55)(H,56,57)/t28?,29-,30-,31-,32-,36-/m0/s1. The van der Waals surface area contributed by atoms with Crippen LogP contribution in [0.2, 0.25) is 0 Å². The van der Waals surface area contributed by atoms with Crippen LogP contribution in [0.1, 0.15) is 84.6 Å². The molecular formula is C43H57N7O14. The van der Waals surface area contributed by atoms with Crippen molar-refractivity contribution in [2.24, 2.45) is 5.92 Å². The van der Waals surface area contributed by atoms with E-state index in [-0.39, 0.29) is 32.2 Å². The van der Waals surface area contributed by atoms with Crippen molar-refractivity contribution in [3.05, 3.63) is 48.0 Å². The van der Waals surface area contributed by atoms with Gasteiger partial charge in [-0.2, -0.15) is 0 Å². The van der Waals surface area contributed by atoms with Crippen LogP contribution in [0.15, 0.2) is 42.5 Å². The van der Waals surface area contributed by atoms with E-state index in [0.717, 1.165) is 17.7 Å². The highest BCUT2D eigenvalue weighted by Gasteiger charge is 2.41. The van der Waals surface area contributed by atoms with Crippen LogP contribution < -0.4 is 31.9 Å². The smallest absolute Gasteiger partial charge is 0.322 e. The lowest BCUT2D eigenvalue weighted by Crippen LogP contribution is -2.60. The van der Waals surface area contributed by atoms with Gasteiger partial charge in [-0.05, 0) is 54.4 Å². The van der Waals surface area contributed by atoms with Crippen LogP contribution in [-0.4, -0.2) is 135 Å². The van der Waals surface area contributed by atoms with Crippen molar-refractivity contribution in [3.63, 3.8) is 0 Å². The molecule has 21 nitrogen and oxygen atoms in total. The molecule has 3 rings (SSSR count). The van der Waals surface area contributed by atoms with E-state index in [1.807, 2.05) is 23.5 Å². The van der Waals surface area contributed by atoms with Crippen LogP contribution >= 0.6 is 0 Å². The van der Waals surface area contributed by atoms with Crippen molar-refractivity contribution in [2.75, 3.05) is 13.1 Å². The van der Waals surface area contributed by atoms with E-state index < -0.39 is 133 Å². The van der Waals surface area contributed by atoms with Gasteiger partial charge in [-0.15, -0.1) is 0 Å². The van der Waals surface area contributed by atoms with E-state index in [9.17, 15) is 63.0 Å². The van der Waals surface area contributed by atoms with Crippen molar-refractivity contribution >= 4 is 75.8 Å². The predicted molar refractivity (Wildman–Crippen MR) is 227 cm³/mol. The molecule has 348 valence electrons. The predicted octanol–water partition coefficient (Wildman–Crippen LogP) is -0.227. The molecule has 9 N–H and O–H groups in total. The maximum absolute atomic E-state index is 14.4. The molecule has 1 aliphatic heterocycles. The number of benzene rings is 2. The lowest BCUT2D eigenvalue weighted by Gasteiger charge is -2.32. The maximum atomic E-state index is 14.4. The molecule has 0 bridgehead atoms. The number of Topliss-reactive ketones (excluding diaryl/α,β-unsaturated/α-hetero) is 1. The molecule has 1 unspecified atom stereocenters. The quantitative estimate of drug-likeness (QED) is 0.0582. The Morgan fingerprint density at radius 2 is 1.27 bits per heavy atom. The zero-order valence-corrected chi connectivity index (χ0v) is 36.1. The molecule has 1 heterocycles. The minimum absolute atomic E-state index is 0.0433. The Morgan fingerprint density at radius 3 is 1.84 bits per heavy atom. The summed E-state index contributed by atoms with van der Waals surface area (Å²) in [4.78, 5) is 142. The second-order valence-electron chi connectivity index (χ2n) is 15.8. The zero-order chi connectivity index (χ0) is 47.7. The number of rotatable bonds is 25. The number of hydrogen-bond donors (Lipinski definition) is 9. The number of hydrogen-bond acceptors (Lipinski definition) is 11. The van der Waals surface area contributed by atoms with Gasteiger partial charge in [-0.3, -0.25) is 52.7 Å². The molecule has 1 saturated heterocycles. The summed E-state index contributed by atoms with van der Waals surface area (Å²) in [5, 5.41) is 43.6. The molecule has 0 aliphatic carbocycles. The normalized spacial score (nSPS) is 15.7. The third kappa shape index (κ3) is 15.5. The fraction of sp³-hybridized carbons (Fsp3) is 0.512. The summed E-state index contributed by atoms with van der Waals surface area (Å²) >= 11 is 0. The van der Waals surface area contributed by atoms with Crippen LogP contribution in [-0.2, 0) is 59.2 Å². The number of fused-ring (bicyclic) bond motifs is 1. The average Bonchev–Trinajstić information content (AvgIpc) is 3.74. The van der Waals surface area contributed by atoms with Gasteiger partial charge in [-0.25, -0.2) is 0 Å². The summed E-state index contributed by atoms with van der Waals surface area (Å²) in [5.74, 6) is -11.7. The topological polar surface area (TPSA) is 324 Å². The van der Waals surface area contributed by atoms with Crippen LogP contribution in [0, 0.1) is 5.92 Å². The van der Waals surface area contributed by atoms with Gasteiger partial charge < -0.3 is 52.1 Å². The van der Waals surface area contributed by atoms with Gasteiger partial charge in [-0.1, -0.05) is 69.7 Å². The van der Waals surface area contributed by atoms with Gasteiger partial charge in [0, 0.05) is 32.7 Å². The monoisotopic (exact) mass is 895 g/mol. The number of aliphatic carboxylic acids is 3. The molecular weight excluding hydrogens is 839 g/mol. The summed E-state index contributed by atoms with van der Waals surface area (Å²) in [6, 6.07) is 4.37. The van der Waals surface area contributed by atoms with E-state index >= 15 is 0 Å². The Labute approximate surface area is 368 Å². The van der Waals surface area contributed by atoms with Gasteiger partial charge in [0.25, 0.3) is 5.91 Å². The molecule has 0 radical (unpaired) electrons. The first kappa shape index (κ1) is 51.4. The van der Waals surface area contributed by atoms with Crippen molar-refractivity contribution < 1.29 is 68.1 Å². The average molecular weight is 896 g/mol. The lowest BCUT2D eigenvalue weighted by atomic mass is 9.96. The van der Waals surface area contributed by atoms with Crippen LogP contribution in [0.4, 0.5) is 0 Å². The van der Waals surface area contributed by atoms with Crippen molar-refractivity contribution in [2.45, 2.75) is 122 Å². The van der Waals surface area contributed by atoms with E-state index in [4.69, 9.17) is 5.11 Å². The van der Waals surface area contributed by atoms with Crippen LogP contribution in [0.3, 0.4) is 0 Å². The third-order valence-electron chi connectivity index (χ3n) is 10.5. The fourth-order valence-electron chi connectivity index (χ4n) is 7.24. The van der Waals surface area contributed by atoms with Gasteiger partial charge in [0.05, 0.1) is 6.04 Å². The minimum atomic E-state index is -1.59. The Bertz CT molecular complexity index is 2090. The summed E-state index contributed by atoms with van der Waals surface area (Å²) in [5.41, 5.74) is 0.598. The molecule has 1 fully saturated rings. The number of nitrogens with zero attached hydrogens (tertiary/aromatic N) is 1. The van der Waals surface area contributed by atoms with Crippen molar-refractivity contribution in [1.29, 1.82) is 0 Å². The number of nitrogens with one attached hydrogen (secondary N) is 6. The molecule has 2 aromatic rings. The number of carboxylic acid groups (broad SMARTS) is 3. The van der Waals surface area contributed by atoms with Crippen molar-refractivity contribution in [1.82, 2.24) is 36.8 Å². The second kappa shape index (κ2) is 24.6. The van der Waals surface area contributed by atoms with Gasteiger partial charge in [0.15, 0.2) is 0 Å². The highest BCUT2D eigenvalue weighted by Crippen LogP contribution is 2.23. The molecule has 0 spiro atoms. The Kier molecular flexibility index (Phi) is 19.8. The molecule has 21 heteroatoms. The highest BCUT2D eigenvalue weighted by atomic mass is 16.4. The Hall–Kier alpha value is -6.93. The van der Waals surface area contributed by atoms with Crippen LogP contribution in [0.25, 0.3) is 10.8 Å². The number of carbonyl (C=O) groups is 11. The maximum Gasteiger partial charge on any atom is 0.322 e. The summed E-state index contributed by atoms with van der Waals surface area (Å²) in [6.45, 7) is 5.38. The first-order valence-corrected chi connectivity index (χ1v) is 21.0. The zero-order valence-electron chi connectivity index (χ0n) is 36.1. The number of carboxylic acids is 3. The lowest BCUT2D eigenvalue weighted by molar-refractivity contribution is -0.145. The molecule has 64 heavy (non-hydrogen) atoms. The molecule has 1 aliphatic rings. The number of carbonyl (C=O) groups excluding carboxylic acids is 8. The van der Waals surface area contributed by atoms with Gasteiger partial charge in [0.2, 0.25) is 41.2 Å². The molecule has 0 aromatic heterocycles. The number of likely N-dealkylation sites (tertiary alicyclic amines) is 1. The summed E-state index contributed by atoms with van der Waals surface area (Å²) in [6.07, 6.45) is -1.16. The first-order valence-electron chi connectivity index (χ1n) is 21.0. The molecule has 2 aromatic carbocycles.